The number of amides is 3. The average Bonchev–Trinajstić information content (AvgIpc) is 2.74. The molecule has 0 bridgehead atoms. The lowest BCUT2D eigenvalue weighted by atomic mass is 10.1. The summed E-state index contributed by atoms with van der Waals surface area (Å²) >= 11 is 6.05. The predicted molar refractivity (Wildman–Crippen MR) is 75.4 cm³/mol. The van der Waals surface area contributed by atoms with Crippen LogP contribution in [0.15, 0.2) is 18.2 Å². The van der Waals surface area contributed by atoms with E-state index in [1.165, 1.54) is 11.8 Å². The molecule has 1 unspecified atom stereocenters. The first-order chi connectivity index (χ1) is 9.38. The van der Waals surface area contributed by atoms with Gasteiger partial charge in [-0.25, -0.2) is 0 Å². The molecule has 1 aromatic carbocycles. The van der Waals surface area contributed by atoms with Gasteiger partial charge < -0.3 is 16.0 Å². The second-order valence-electron chi connectivity index (χ2n) is 4.65. The molecule has 1 atom stereocenters. The van der Waals surface area contributed by atoms with Gasteiger partial charge in [0, 0.05) is 25.6 Å². The van der Waals surface area contributed by atoms with Crippen molar-refractivity contribution in [2.24, 2.45) is 11.7 Å². The lowest BCUT2D eigenvalue weighted by Crippen LogP contribution is -2.28. The number of primary amides is 1. The summed E-state index contributed by atoms with van der Waals surface area (Å²) in [5, 5.41) is 2.91. The van der Waals surface area contributed by atoms with Crippen LogP contribution in [0.2, 0.25) is 5.02 Å². The van der Waals surface area contributed by atoms with E-state index in [-0.39, 0.29) is 24.8 Å². The number of benzene rings is 1. The van der Waals surface area contributed by atoms with Gasteiger partial charge in [-0.3, -0.25) is 14.4 Å². The highest BCUT2D eigenvalue weighted by molar-refractivity contribution is 6.34. The Kier molecular flexibility index (Phi) is 3.94. The molecular formula is C13H14ClN3O3. The van der Waals surface area contributed by atoms with E-state index in [0.29, 0.717) is 16.4 Å². The lowest BCUT2D eigenvalue weighted by Gasteiger charge is -2.17. The van der Waals surface area contributed by atoms with Crippen LogP contribution in [-0.2, 0) is 14.4 Å². The first kappa shape index (κ1) is 14.3. The SMILES string of the molecule is CC(=O)Nc1ccc(N2CC(C(N)=O)CC2=O)cc1Cl. The van der Waals surface area contributed by atoms with Gasteiger partial charge in [-0.05, 0) is 18.2 Å². The second-order valence-corrected chi connectivity index (χ2v) is 5.06. The summed E-state index contributed by atoms with van der Waals surface area (Å²) in [4.78, 5) is 35.5. The highest BCUT2D eigenvalue weighted by atomic mass is 35.5. The van der Waals surface area contributed by atoms with E-state index in [4.69, 9.17) is 17.3 Å². The largest absolute Gasteiger partial charge is 0.369 e. The molecule has 3 amide bonds. The zero-order valence-electron chi connectivity index (χ0n) is 10.9. The number of nitrogens with zero attached hydrogens (tertiary/aromatic N) is 1. The highest BCUT2D eigenvalue weighted by Crippen LogP contribution is 2.31. The van der Waals surface area contributed by atoms with Gasteiger partial charge >= 0.3 is 0 Å². The van der Waals surface area contributed by atoms with Crippen molar-refractivity contribution in [3.05, 3.63) is 23.2 Å². The number of nitrogens with one attached hydrogen (secondary N) is 1. The molecule has 1 saturated heterocycles. The van der Waals surface area contributed by atoms with Gasteiger partial charge in [0.2, 0.25) is 17.7 Å². The van der Waals surface area contributed by atoms with Crippen molar-refractivity contribution < 1.29 is 14.4 Å². The Morgan fingerprint density at radius 2 is 2.15 bits per heavy atom. The molecule has 1 aliphatic rings. The molecule has 2 rings (SSSR count). The maximum absolute atomic E-state index is 11.9. The summed E-state index contributed by atoms with van der Waals surface area (Å²) in [6.07, 6.45) is 0.112. The summed E-state index contributed by atoms with van der Waals surface area (Å²) in [5.41, 5.74) is 6.27. The van der Waals surface area contributed by atoms with Crippen molar-refractivity contribution in [2.75, 3.05) is 16.8 Å². The van der Waals surface area contributed by atoms with E-state index in [1.54, 1.807) is 18.2 Å². The zero-order valence-corrected chi connectivity index (χ0v) is 11.6. The predicted octanol–water partition coefficient (Wildman–Crippen LogP) is 1.14. The number of hydrogen-bond acceptors (Lipinski definition) is 3. The van der Waals surface area contributed by atoms with E-state index < -0.39 is 11.8 Å². The summed E-state index contributed by atoms with van der Waals surface area (Å²) < 4.78 is 0. The Hall–Kier alpha value is -2.08. The molecule has 3 N–H and O–H groups in total. The van der Waals surface area contributed by atoms with Crippen molar-refractivity contribution in [1.29, 1.82) is 0 Å². The van der Waals surface area contributed by atoms with Crippen molar-refractivity contribution in [3.8, 4) is 0 Å². The van der Waals surface area contributed by atoms with Gasteiger partial charge in [-0.1, -0.05) is 11.6 Å². The lowest BCUT2D eigenvalue weighted by molar-refractivity contribution is -0.123. The molecule has 0 radical (unpaired) electrons. The third kappa shape index (κ3) is 2.91. The first-order valence-corrected chi connectivity index (χ1v) is 6.43. The Balaban J connectivity index is 2.22. The summed E-state index contributed by atoms with van der Waals surface area (Å²) in [6.45, 7) is 1.63. The molecule has 1 heterocycles. The number of carbonyl (C=O) groups is 3. The van der Waals surface area contributed by atoms with Crippen LogP contribution in [0.1, 0.15) is 13.3 Å². The molecule has 1 aliphatic heterocycles. The molecule has 7 heteroatoms. The Morgan fingerprint density at radius 3 is 2.65 bits per heavy atom. The van der Waals surface area contributed by atoms with Crippen molar-refractivity contribution >= 4 is 40.7 Å². The normalized spacial score (nSPS) is 18.2. The highest BCUT2D eigenvalue weighted by Gasteiger charge is 2.34. The maximum atomic E-state index is 11.9. The molecule has 0 spiro atoms. The Bertz CT molecular complexity index is 588. The number of hydrogen-bond donors (Lipinski definition) is 2. The summed E-state index contributed by atoms with van der Waals surface area (Å²) in [7, 11) is 0. The minimum atomic E-state index is -0.484. The van der Waals surface area contributed by atoms with E-state index >= 15 is 0 Å². The summed E-state index contributed by atoms with van der Waals surface area (Å²) in [6, 6.07) is 4.86. The third-order valence-electron chi connectivity index (χ3n) is 3.10. The molecule has 6 nitrogen and oxygen atoms in total. The van der Waals surface area contributed by atoms with E-state index in [9.17, 15) is 14.4 Å². The van der Waals surface area contributed by atoms with E-state index in [0.717, 1.165) is 0 Å². The maximum Gasteiger partial charge on any atom is 0.227 e. The topological polar surface area (TPSA) is 92.5 Å². The van der Waals surface area contributed by atoms with Crippen molar-refractivity contribution in [1.82, 2.24) is 0 Å². The number of carbonyl (C=O) groups excluding carboxylic acids is 3. The van der Waals surface area contributed by atoms with E-state index in [2.05, 4.69) is 5.32 Å². The van der Waals surface area contributed by atoms with Crippen LogP contribution in [0.5, 0.6) is 0 Å². The van der Waals surface area contributed by atoms with Crippen LogP contribution >= 0.6 is 11.6 Å². The van der Waals surface area contributed by atoms with Gasteiger partial charge in [0.15, 0.2) is 0 Å². The van der Waals surface area contributed by atoms with Crippen LogP contribution in [0, 0.1) is 5.92 Å². The van der Waals surface area contributed by atoms with E-state index in [1.807, 2.05) is 0 Å². The quantitative estimate of drug-likeness (QED) is 0.875. The van der Waals surface area contributed by atoms with Crippen molar-refractivity contribution in [3.63, 3.8) is 0 Å². The fourth-order valence-corrected chi connectivity index (χ4v) is 2.33. The number of rotatable bonds is 3. The standard InChI is InChI=1S/C13H14ClN3O3/c1-7(18)16-11-3-2-9(5-10(11)14)17-6-8(13(15)20)4-12(17)19/h2-3,5,8H,4,6H2,1H3,(H2,15,20)(H,16,18). The molecule has 0 aliphatic carbocycles. The van der Waals surface area contributed by atoms with Crippen LogP contribution in [0.3, 0.4) is 0 Å². The fourth-order valence-electron chi connectivity index (χ4n) is 2.11. The zero-order chi connectivity index (χ0) is 14.9. The van der Waals surface area contributed by atoms with Gasteiger partial charge in [-0.15, -0.1) is 0 Å². The molecular weight excluding hydrogens is 282 g/mol. The fraction of sp³-hybridized carbons (Fsp3) is 0.308. The Morgan fingerprint density at radius 1 is 1.45 bits per heavy atom. The van der Waals surface area contributed by atoms with Crippen LogP contribution in [-0.4, -0.2) is 24.3 Å². The van der Waals surface area contributed by atoms with Crippen LogP contribution < -0.4 is 16.0 Å². The van der Waals surface area contributed by atoms with Crippen molar-refractivity contribution in [2.45, 2.75) is 13.3 Å². The molecule has 1 fully saturated rings. The third-order valence-corrected chi connectivity index (χ3v) is 3.42. The molecule has 0 saturated carbocycles. The second kappa shape index (κ2) is 5.50. The average molecular weight is 296 g/mol. The van der Waals surface area contributed by atoms with Gasteiger partial charge in [0.25, 0.3) is 0 Å². The van der Waals surface area contributed by atoms with Crippen LogP contribution in [0.25, 0.3) is 0 Å². The molecule has 106 valence electrons. The molecule has 1 aromatic rings. The summed E-state index contributed by atoms with van der Waals surface area (Å²) in [5.74, 6) is -1.36. The number of halogens is 1. The number of nitrogens with two attached hydrogens (primary N) is 1. The Labute approximate surface area is 120 Å². The van der Waals surface area contributed by atoms with Gasteiger partial charge in [0.1, 0.15) is 0 Å². The molecule has 20 heavy (non-hydrogen) atoms. The monoisotopic (exact) mass is 295 g/mol. The minimum absolute atomic E-state index is 0.112. The smallest absolute Gasteiger partial charge is 0.227 e. The van der Waals surface area contributed by atoms with Gasteiger partial charge in [0.05, 0.1) is 16.6 Å². The van der Waals surface area contributed by atoms with Crippen LogP contribution in [0.4, 0.5) is 11.4 Å². The first-order valence-electron chi connectivity index (χ1n) is 6.05. The molecule has 0 aromatic heterocycles. The minimum Gasteiger partial charge on any atom is -0.369 e. The van der Waals surface area contributed by atoms with Gasteiger partial charge in [-0.2, -0.15) is 0 Å². The number of anilines is 2.